The molecule has 2 unspecified atom stereocenters. The van der Waals surface area contributed by atoms with Gasteiger partial charge in [-0.2, -0.15) is 0 Å². The lowest BCUT2D eigenvalue weighted by atomic mass is 10.0. The topological polar surface area (TPSA) is 105 Å². The summed E-state index contributed by atoms with van der Waals surface area (Å²) in [5.74, 6) is -0.0828. The summed E-state index contributed by atoms with van der Waals surface area (Å²) in [4.78, 5) is 40.0. The molecule has 0 spiro atoms. The van der Waals surface area contributed by atoms with Crippen molar-refractivity contribution in [1.82, 2.24) is 15.5 Å². The molecule has 0 bridgehead atoms. The van der Waals surface area contributed by atoms with Gasteiger partial charge < -0.3 is 21.3 Å². The largest absolute Gasteiger partial charge is 0.353 e. The van der Waals surface area contributed by atoms with Gasteiger partial charge in [0.05, 0.1) is 0 Å². The lowest BCUT2D eigenvalue weighted by Crippen LogP contribution is -2.53. The molecule has 0 aromatic rings. The van der Waals surface area contributed by atoms with Crippen LogP contribution in [0.3, 0.4) is 0 Å². The second kappa shape index (κ2) is 18.7. The fraction of sp³-hybridized carbons (Fsp3) is 0.889. The summed E-state index contributed by atoms with van der Waals surface area (Å²) in [6, 6.07) is -1.06. The summed E-state index contributed by atoms with van der Waals surface area (Å²) in [5.41, 5.74) is 5.48. The van der Waals surface area contributed by atoms with Crippen LogP contribution in [-0.4, -0.2) is 54.3 Å². The minimum absolute atomic E-state index is 0.0709. The molecule has 7 heteroatoms. The first-order valence-corrected chi connectivity index (χ1v) is 14.0. The van der Waals surface area contributed by atoms with Gasteiger partial charge in [0.25, 0.3) is 0 Å². The van der Waals surface area contributed by atoms with E-state index in [9.17, 15) is 14.4 Å². The zero-order valence-corrected chi connectivity index (χ0v) is 22.2. The first-order chi connectivity index (χ1) is 16.4. The lowest BCUT2D eigenvalue weighted by Gasteiger charge is -2.27. The molecule has 198 valence electrons. The maximum atomic E-state index is 13.0. The average molecular weight is 481 g/mol. The molecule has 3 amide bonds. The lowest BCUT2D eigenvalue weighted by molar-refractivity contribution is -0.139. The third kappa shape index (κ3) is 12.7. The minimum atomic E-state index is -0.594. The predicted octanol–water partition coefficient (Wildman–Crippen LogP) is 4.28. The second-order valence-corrected chi connectivity index (χ2v) is 10.3. The highest BCUT2D eigenvalue weighted by atomic mass is 16.2. The van der Waals surface area contributed by atoms with Crippen LogP contribution in [0.2, 0.25) is 0 Å². The number of nitrogens with two attached hydrogens (primary N) is 1. The van der Waals surface area contributed by atoms with E-state index in [-0.39, 0.29) is 23.6 Å². The number of carbonyl (C=O) groups excluding carboxylic acids is 3. The van der Waals surface area contributed by atoms with Crippen molar-refractivity contribution in [1.29, 1.82) is 0 Å². The minimum Gasteiger partial charge on any atom is -0.353 e. The van der Waals surface area contributed by atoms with Crippen LogP contribution >= 0.6 is 0 Å². The van der Waals surface area contributed by atoms with Gasteiger partial charge in [0.1, 0.15) is 12.1 Å². The first kappa shape index (κ1) is 30.4. The van der Waals surface area contributed by atoms with Gasteiger partial charge in [-0.15, -0.1) is 0 Å². The van der Waals surface area contributed by atoms with Crippen molar-refractivity contribution in [3.63, 3.8) is 0 Å². The number of nitrogens with zero attached hydrogens (tertiary/aromatic N) is 1. The van der Waals surface area contributed by atoms with Gasteiger partial charge in [-0.05, 0) is 31.6 Å². The molecule has 0 aromatic heterocycles. The Morgan fingerprint density at radius 3 is 2.09 bits per heavy atom. The van der Waals surface area contributed by atoms with Crippen LogP contribution in [0.5, 0.6) is 0 Å². The highest BCUT2D eigenvalue weighted by molar-refractivity contribution is 5.92. The Morgan fingerprint density at radius 2 is 1.53 bits per heavy atom. The summed E-state index contributed by atoms with van der Waals surface area (Å²) in [5, 5.41) is 5.68. The Balaban J connectivity index is 2.35. The summed E-state index contributed by atoms with van der Waals surface area (Å²) < 4.78 is 0. The van der Waals surface area contributed by atoms with Gasteiger partial charge in [-0.25, -0.2) is 0 Å². The molecule has 0 radical (unpaired) electrons. The van der Waals surface area contributed by atoms with E-state index in [1.807, 2.05) is 13.8 Å². The highest BCUT2D eigenvalue weighted by Crippen LogP contribution is 2.20. The van der Waals surface area contributed by atoms with Crippen LogP contribution in [0.15, 0.2) is 0 Å². The number of amides is 3. The quantitative estimate of drug-likeness (QED) is 0.240. The molecule has 1 rings (SSSR count). The van der Waals surface area contributed by atoms with E-state index in [0.29, 0.717) is 38.9 Å². The van der Waals surface area contributed by atoms with Crippen LogP contribution in [0.1, 0.15) is 117 Å². The average Bonchev–Trinajstić information content (AvgIpc) is 3.30. The highest BCUT2D eigenvalue weighted by Gasteiger charge is 2.35. The number of nitrogens with one attached hydrogen (secondary N) is 2. The molecule has 4 N–H and O–H groups in total. The van der Waals surface area contributed by atoms with Crippen molar-refractivity contribution in [3.8, 4) is 0 Å². The molecule has 34 heavy (non-hydrogen) atoms. The van der Waals surface area contributed by atoms with E-state index >= 15 is 0 Å². The first-order valence-electron chi connectivity index (χ1n) is 14.0. The van der Waals surface area contributed by atoms with Gasteiger partial charge >= 0.3 is 0 Å². The number of unbranched alkanes of at least 4 members (excludes halogenated alkanes) is 10. The predicted molar refractivity (Wildman–Crippen MR) is 139 cm³/mol. The molecule has 1 heterocycles. The van der Waals surface area contributed by atoms with E-state index < -0.39 is 12.1 Å². The Labute approximate surface area is 208 Å². The fourth-order valence-corrected chi connectivity index (χ4v) is 4.71. The summed E-state index contributed by atoms with van der Waals surface area (Å²) in [6.45, 7) is 7.67. The van der Waals surface area contributed by atoms with Crippen LogP contribution in [0.25, 0.3) is 0 Å². The Morgan fingerprint density at radius 1 is 0.941 bits per heavy atom. The Hall–Kier alpha value is -1.63. The molecular formula is C27H52N4O3. The molecule has 2 atom stereocenters. The standard InChI is InChI=1S/C27H52N4O3/c1-4-5-6-7-8-9-10-11-12-13-14-17-25(32)31-20-15-16-24(31)27(34)30-23(21-22(2)3)26(33)29-19-18-28/h22-24H,4-21,28H2,1-3H3,(H,29,33)(H,30,34). The molecule has 0 aromatic carbocycles. The van der Waals surface area contributed by atoms with E-state index in [1.165, 1.54) is 57.8 Å². The summed E-state index contributed by atoms with van der Waals surface area (Å²) >= 11 is 0. The smallest absolute Gasteiger partial charge is 0.243 e. The van der Waals surface area contributed by atoms with E-state index in [0.717, 1.165) is 19.3 Å². The molecule has 0 saturated carbocycles. The molecule has 1 saturated heterocycles. The maximum absolute atomic E-state index is 13.0. The number of carbonyl (C=O) groups is 3. The number of hydrogen-bond donors (Lipinski definition) is 3. The van der Waals surface area contributed by atoms with E-state index in [4.69, 9.17) is 5.73 Å². The maximum Gasteiger partial charge on any atom is 0.243 e. The number of likely N-dealkylation sites (tertiary alicyclic amines) is 1. The normalized spacial score (nSPS) is 16.6. The third-order valence-electron chi connectivity index (χ3n) is 6.65. The monoisotopic (exact) mass is 480 g/mol. The van der Waals surface area contributed by atoms with E-state index in [1.54, 1.807) is 4.90 Å². The van der Waals surface area contributed by atoms with Crippen molar-refractivity contribution in [2.75, 3.05) is 19.6 Å². The number of rotatable bonds is 19. The molecule has 1 fully saturated rings. The van der Waals surface area contributed by atoms with Gasteiger partial charge in [0.2, 0.25) is 17.7 Å². The van der Waals surface area contributed by atoms with Crippen LogP contribution in [-0.2, 0) is 14.4 Å². The van der Waals surface area contributed by atoms with Crippen molar-refractivity contribution >= 4 is 17.7 Å². The molecule has 0 aliphatic carbocycles. The molecule has 7 nitrogen and oxygen atoms in total. The van der Waals surface area contributed by atoms with Crippen molar-refractivity contribution in [3.05, 3.63) is 0 Å². The van der Waals surface area contributed by atoms with Gasteiger partial charge in [-0.1, -0.05) is 85.0 Å². The van der Waals surface area contributed by atoms with Gasteiger partial charge in [-0.3, -0.25) is 14.4 Å². The van der Waals surface area contributed by atoms with Crippen molar-refractivity contribution in [2.45, 2.75) is 129 Å². The number of hydrogen-bond acceptors (Lipinski definition) is 4. The van der Waals surface area contributed by atoms with Crippen LogP contribution in [0, 0.1) is 5.92 Å². The zero-order valence-electron chi connectivity index (χ0n) is 22.2. The van der Waals surface area contributed by atoms with Crippen molar-refractivity contribution < 1.29 is 14.4 Å². The molecule has 1 aliphatic heterocycles. The third-order valence-corrected chi connectivity index (χ3v) is 6.65. The fourth-order valence-electron chi connectivity index (χ4n) is 4.71. The Kier molecular flexibility index (Phi) is 16.7. The van der Waals surface area contributed by atoms with E-state index in [2.05, 4.69) is 17.6 Å². The SMILES string of the molecule is CCCCCCCCCCCCCC(=O)N1CCCC1C(=O)NC(CC(C)C)C(=O)NCCN. The van der Waals surface area contributed by atoms with Crippen LogP contribution < -0.4 is 16.4 Å². The van der Waals surface area contributed by atoms with Gasteiger partial charge in [0, 0.05) is 26.1 Å². The summed E-state index contributed by atoms with van der Waals surface area (Å²) in [7, 11) is 0. The molecular weight excluding hydrogens is 428 g/mol. The van der Waals surface area contributed by atoms with Crippen LogP contribution in [0.4, 0.5) is 0 Å². The summed E-state index contributed by atoms with van der Waals surface area (Å²) in [6.07, 6.45) is 16.3. The Bertz CT molecular complexity index is 582. The second-order valence-electron chi connectivity index (χ2n) is 10.3. The molecule has 1 aliphatic rings. The van der Waals surface area contributed by atoms with Crippen molar-refractivity contribution in [2.24, 2.45) is 11.7 Å². The zero-order chi connectivity index (χ0) is 25.2. The van der Waals surface area contributed by atoms with Gasteiger partial charge in [0.15, 0.2) is 0 Å².